The molecule has 0 aliphatic rings. The zero-order chi connectivity index (χ0) is 17.4. The lowest BCUT2D eigenvalue weighted by molar-refractivity contribution is -0.0498. The molecule has 0 aliphatic carbocycles. The molecule has 2 N–H and O–H groups in total. The number of hydrogen-bond acceptors (Lipinski definition) is 2. The van der Waals surface area contributed by atoms with Crippen molar-refractivity contribution in [1.82, 2.24) is 10.6 Å². The number of halogens is 4. The van der Waals surface area contributed by atoms with Gasteiger partial charge in [-0.05, 0) is 35.4 Å². The lowest BCUT2D eigenvalue weighted by Crippen LogP contribution is -2.36. The molecule has 0 aliphatic heterocycles. The Bertz CT molecular complexity index is 681. The third-order valence-electron chi connectivity index (χ3n) is 3.18. The van der Waals surface area contributed by atoms with Gasteiger partial charge in [0.2, 0.25) is 0 Å². The van der Waals surface area contributed by atoms with E-state index in [-0.39, 0.29) is 35.5 Å². The molecule has 0 spiro atoms. The van der Waals surface area contributed by atoms with Gasteiger partial charge < -0.3 is 15.4 Å². The lowest BCUT2D eigenvalue weighted by Gasteiger charge is -2.13. The predicted octanol–water partition coefficient (Wildman–Crippen LogP) is 3.91. The summed E-state index contributed by atoms with van der Waals surface area (Å²) in [7, 11) is 1.62. The average Bonchev–Trinajstić information content (AvgIpc) is 2.56. The fourth-order valence-electron chi connectivity index (χ4n) is 2.03. The summed E-state index contributed by atoms with van der Waals surface area (Å²) in [4.78, 5) is 4.08. The molecule has 0 radical (unpaired) electrons. The number of rotatable bonds is 6. The van der Waals surface area contributed by atoms with Crippen LogP contribution in [0.5, 0.6) is 5.75 Å². The van der Waals surface area contributed by atoms with E-state index in [9.17, 15) is 13.2 Å². The van der Waals surface area contributed by atoms with E-state index in [1.807, 2.05) is 0 Å². The van der Waals surface area contributed by atoms with Crippen molar-refractivity contribution in [3.8, 4) is 5.75 Å². The maximum Gasteiger partial charge on any atom is 0.387 e. The normalized spacial score (nSPS) is 11.0. The topological polar surface area (TPSA) is 45.7 Å². The van der Waals surface area contributed by atoms with Crippen molar-refractivity contribution >= 4 is 29.9 Å². The number of nitrogens with one attached hydrogen (secondary N) is 2. The molecule has 25 heavy (non-hydrogen) atoms. The van der Waals surface area contributed by atoms with Gasteiger partial charge in [-0.15, -0.1) is 24.0 Å². The van der Waals surface area contributed by atoms with Crippen molar-refractivity contribution in [2.75, 3.05) is 7.05 Å². The van der Waals surface area contributed by atoms with Gasteiger partial charge in [-0.3, -0.25) is 4.99 Å². The fraction of sp³-hybridized carbons (Fsp3) is 0.235. The summed E-state index contributed by atoms with van der Waals surface area (Å²) in [5.74, 6) is 0.366. The minimum atomic E-state index is -2.85. The number of alkyl halides is 2. The van der Waals surface area contributed by atoms with E-state index < -0.39 is 6.61 Å². The van der Waals surface area contributed by atoms with Crippen molar-refractivity contribution < 1.29 is 17.9 Å². The monoisotopic (exact) mass is 465 g/mol. The van der Waals surface area contributed by atoms with Gasteiger partial charge in [0.1, 0.15) is 11.6 Å². The van der Waals surface area contributed by atoms with E-state index in [0.29, 0.717) is 19.0 Å². The van der Waals surface area contributed by atoms with E-state index >= 15 is 0 Å². The van der Waals surface area contributed by atoms with Crippen LogP contribution in [-0.2, 0) is 13.1 Å². The number of hydrogen-bond donors (Lipinski definition) is 2. The highest BCUT2D eigenvalue weighted by atomic mass is 127. The SMILES string of the molecule is CN=C(NCc1ccc(F)cc1)NCc1cccc(OC(F)F)c1.I. The third-order valence-corrected chi connectivity index (χ3v) is 3.18. The van der Waals surface area contributed by atoms with Crippen molar-refractivity contribution in [3.63, 3.8) is 0 Å². The van der Waals surface area contributed by atoms with Crippen LogP contribution in [0.4, 0.5) is 13.2 Å². The molecule has 0 saturated heterocycles. The summed E-state index contributed by atoms with van der Waals surface area (Å²) < 4.78 is 41.7. The molecule has 136 valence electrons. The number of aliphatic imine (C=N–C) groups is 1. The van der Waals surface area contributed by atoms with Crippen LogP contribution < -0.4 is 15.4 Å². The van der Waals surface area contributed by atoms with Crippen LogP contribution in [0.25, 0.3) is 0 Å². The molecule has 0 unspecified atom stereocenters. The second-order valence-electron chi connectivity index (χ2n) is 4.93. The predicted molar refractivity (Wildman–Crippen MR) is 102 cm³/mol. The molecule has 0 atom stereocenters. The van der Waals surface area contributed by atoms with Crippen molar-refractivity contribution in [3.05, 3.63) is 65.5 Å². The summed E-state index contributed by atoms with van der Waals surface area (Å²) in [5, 5.41) is 6.16. The Morgan fingerprint density at radius 2 is 1.68 bits per heavy atom. The number of benzene rings is 2. The quantitative estimate of drug-likeness (QED) is 0.387. The van der Waals surface area contributed by atoms with Gasteiger partial charge in [0.05, 0.1) is 0 Å². The standard InChI is InChI=1S/C17H18F3N3O.HI/c1-21-17(22-10-12-5-7-14(18)8-6-12)23-11-13-3-2-4-15(9-13)24-16(19)20;/h2-9,16H,10-11H2,1H3,(H2,21,22,23);1H. The first-order chi connectivity index (χ1) is 11.6. The molecule has 0 bridgehead atoms. The van der Waals surface area contributed by atoms with Crippen LogP contribution in [0.2, 0.25) is 0 Å². The highest BCUT2D eigenvalue weighted by Crippen LogP contribution is 2.15. The van der Waals surface area contributed by atoms with E-state index in [2.05, 4.69) is 20.4 Å². The third kappa shape index (κ3) is 7.63. The smallest absolute Gasteiger partial charge is 0.387 e. The van der Waals surface area contributed by atoms with E-state index in [1.165, 1.54) is 24.3 Å². The van der Waals surface area contributed by atoms with Crippen molar-refractivity contribution in [1.29, 1.82) is 0 Å². The Morgan fingerprint density at radius 1 is 1.04 bits per heavy atom. The molecule has 4 nitrogen and oxygen atoms in total. The van der Waals surface area contributed by atoms with Gasteiger partial charge in [0, 0.05) is 20.1 Å². The molecule has 2 aromatic rings. The molecule has 0 heterocycles. The van der Waals surface area contributed by atoms with Crippen LogP contribution in [0.15, 0.2) is 53.5 Å². The Balaban J connectivity index is 0.00000312. The Hall–Kier alpha value is -1.97. The zero-order valence-corrected chi connectivity index (χ0v) is 15.8. The first-order valence-corrected chi connectivity index (χ1v) is 7.29. The van der Waals surface area contributed by atoms with Gasteiger partial charge in [-0.2, -0.15) is 8.78 Å². The minimum Gasteiger partial charge on any atom is -0.435 e. The summed E-state index contributed by atoms with van der Waals surface area (Å²) in [6.07, 6.45) is 0. The van der Waals surface area contributed by atoms with Crippen molar-refractivity contribution in [2.45, 2.75) is 19.7 Å². The van der Waals surface area contributed by atoms with Gasteiger partial charge in [0.25, 0.3) is 0 Å². The van der Waals surface area contributed by atoms with Gasteiger partial charge in [-0.1, -0.05) is 24.3 Å². The van der Waals surface area contributed by atoms with Gasteiger partial charge in [-0.25, -0.2) is 4.39 Å². The first kappa shape index (κ1) is 21.1. The molecule has 0 aromatic heterocycles. The van der Waals surface area contributed by atoms with E-state index in [0.717, 1.165) is 11.1 Å². The molecule has 0 saturated carbocycles. The summed E-state index contributed by atoms with van der Waals surface area (Å²) in [5.41, 5.74) is 1.68. The highest BCUT2D eigenvalue weighted by molar-refractivity contribution is 14.0. The molecule has 2 aromatic carbocycles. The molecular formula is C17H19F3IN3O. The van der Waals surface area contributed by atoms with Crippen LogP contribution in [0.1, 0.15) is 11.1 Å². The summed E-state index contributed by atoms with van der Waals surface area (Å²) in [6, 6.07) is 12.6. The van der Waals surface area contributed by atoms with E-state index in [1.54, 1.807) is 31.3 Å². The van der Waals surface area contributed by atoms with Crippen LogP contribution in [0, 0.1) is 5.82 Å². The maximum atomic E-state index is 12.9. The highest BCUT2D eigenvalue weighted by Gasteiger charge is 2.05. The second-order valence-corrected chi connectivity index (χ2v) is 4.93. The zero-order valence-electron chi connectivity index (χ0n) is 13.5. The van der Waals surface area contributed by atoms with Crippen LogP contribution >= 0.6 is 24.0 Å². The molecule has 8 heteroatoms. The fourth-order valence-corrected chi connectivity index (χ4v) is 2.03. The summed E-state index contributed by atoms with van der Waals surface area (Å²) >= 11 is 0. The first-order valence-electron chi connectivity index (χ1n) is 7.29. The molecule has 0 amide bonds. The maximum absolute atomic E-state index is 12.9. The van der Waals surface area contributed by atoms with Gasteiger partial charge >= 0.3 is 6.61 Å². The number of ether oxygens (including phenoxy) is 1. The Morgan fingerprint density at radius 3 is 2.28 bits per heavy atom. The second kappa shape index (κ2) is 10.8. The van der Waals surface area contributed by atoms with E-state index in [4.69, 9.17) is 0 Å². The molecule has 0 fully saturated rings. The molecule has 2 rings (SSSR count). The Labute approximate surface area is 161 Å². The average molecular weight is 465 g/mol. The number of guanidine groups is 1. The minimum absolute atomic E-state index is 0. The molecular weight excluding hydrogens is 446 g/mol. The van der Waals surface area contributed by atoms with Crippen LogP contribution in [0.3, 0.4) is 0 Å². The van der Waals surface area contributed by atoms with Crippen LogP contribution in [-0.4, -0.2) is 19.6 Å². The largest absolute Gasteiger partial charge is 0.435 e. The number of nitrogens with zero attached hydrogens (tertiary/aromatic N) is 1. The van der Waals surface area contributed by atoms with Crippen molar-refractivity contribution in [2.24, 2.45) is 4.99 Å². The Kier molecular flexibility index (Phi) is 9.11. The van der Waals surface area contributed by atoms with Gasteiger partial charge in [0.15, 0.2) is 5.96 Å². The lowest BCUT2D eigenvalue weighted by atomic mass is 10.2. The summed E-state index contributed by atoms with van der Waals surface area (Å²) in [6.45, 7) is -1.98.